The molecular formula is C31H37N5O3. The second kappa shape index (κ2) is 11.0. The number of hydrogen-bond acceptors (Lipinski definition) is 6. The molecule has 4 aromatic rings. The van der Waals surface area contributed by atoms with Gasteiger partial charge in [-0.15, -0.1) is 5.10 Å². The topological polar surface area (TPSA) is 81.0 Å². The van der Waals surface area contributed by atoms with Crippen LogP contribution >= 0.6 is 0 Å². The summed E-state index contributed by atoms with van der Waals surface area (Å²) in [4.78, 5) is 19.2. The Morgan fingerprint density at radius 1 is 1.00 bits per heavy atom. The maximum absolute atomic E-state index is 12.6. The average molecular weight is 528 g/mol. The van der Waals surface area contributed by atoms with Crippen molar-refractivity contribution in [3.63, 3.8) is 0 Å². The number of benzene rings is 2. The van der Waals surface area contributed by atoms with Crippen molar-refractivity contribution in [2.45, 2.75) is 53.1 Å². The van der Waals surface area contributed by atoms with Crippen molar-refractivity contribution in [2.24, 2.45) is 5.92 Å². The molecule has 2 aromatic carbocycles. The van der Waals surface area contributed by atoms with Crippen molar-refractivity contribution < 1.29 is 14.3 Å². The predicted octanol–water partition coefficient (Wildman–Crippen LogP) is 6.51. The molecule has 1 amide bonds. The molecule has 39 heavy (non-hydrogen) atoms. The maximum Gasteiger partial charge on any atom is 0.410 e. The Kier molecular flexibility index (Phi) is 7.46. The lowest BCUT2D eigenvalue weighted by atomic mass is 10.0. The molecule has 204 valence electrons. The van der Waals surface area contributed by atoms with Gasteiger partial charge in [0.2, 0.25) is 5.95 Å². The molecule has 0 radical (unpaired) electrons. The summed E-state index contributed by atoms with van der Waals surface area (Å²) in [7, 11) is 0. The van der Waals surface area contributed by atoms with E-state index < -0.39 is 5.60 Å². The van der Waals surface area contributed by atoms with Crippen molar-refractivity contribution in [1.29, 1.82) is 0 Å². The highest BCUT2D eigenvalue weighted by atomic mass is 16.6. The van der Waals surface area contributed by atoms with Gasteiger partial charge in [-0.1, -0.05) is 38.1 Å². The fourth-order valence-electron chi connectivity index (χ4n) is 4.68. The van der Waals surface area contributed by atoms with E-state index in [1.54, 1.807) is 9.42 Å². The van der Waals surface area contributed by atoms with Crippen molar-refractivity contribution in [3.8, 4) is 16.9 Å². The number of pyridine rings is 1. The van der Waals surface area contributed by atoms with Gasteiger partial charge in [0.15, 0.2) is 5.65 Å². The fourth-order valence-corrected chi connectivity index (χ4v) is 4.68. The summed E-state index contributed by atoms with van der Waals surface area (Å²) in [6.07, 6.45) is 3.20. The Bertz CT molecular complexity index is 1470. The molecular weight excluding hydrogens is 490 g/mol. The Balaban J connectivity index is 1.35. The SMILES string of the molecule is CC(C)COc1ccccc1-c1cccn2nc(Nc3ccc4c(c3)CCN(C(=O)OC(C)(C)C)CC4)nc12. The molecule has 0 spiro atoms. The number of amides is 1. The molecule has 0 saturated carbocycles. The van der Waals surface area contributed by atoms with Gasteiger partial charge in [0.05, 0.1) is 6.61 Å². The van der Waals surface area contributed by atoms with E-state index in [0.717, 1.165) is 41.1 Å². The van der Waals surface area contributed by atoms with Gasteiger partial charge < -0.3 is 19.7 Å². The standard InChI is InChI=1S/C31H37N5O3/c1-21(2)20-38-27-11-7-6-9-25(27)26-10-8-16-36-28(26)33-29(34-36)32-24-13-12-22-14-17-35(18-15-23(22)19-24)30(37)39-31(3,4)5/h6-13,16,19,21H,14-15,17-18,20H2,1-5H3,(H,32,34). The second-order valence-corrected chi connectivity index (χ2v) is 11.4. The highest BCUT2D eigenvalue weighted by Crippen LogP contribution is 2.33. The summed E-state index contributed by atoms with van der Waals surface area (Å²) in [6.45, 7) is 11.9. The quantitative estimate of drug-likeness (QED) is 0.308. The fraction of sp³-hybridized carbons (Fsp3) is 0.387. The molecule has 3 heterocycles. The molecule has 1 aliphatic heterocycles. The normalized spacial score (nSPS) is 13.7. The number of rotatable bonds is 6. The minimum atomic E-state index is -0.503. The van der Waals surface area contributed by atoms with Crippen LogP contribution in [0.1, 0.15) is 45.7 Å². The van der Waals surface area contributed by atoms with Crippen LogP contribution in [0.25, 0.3) is 16.8 Å². The summed E-state index contributed by atoms with van der Waals surface area (Å²) in [5.74, 6) is 1.79. The molecule has 0 saturated heterocycles. The van der Waals surface area contributed by atoms with Crippen LogP contribution in [0.4, 0.5) is 16.4 Å². The highest BCUT2D eigenvalue weighted by Gasteiger charge is 2.24. The van der Waals surface area contributed by atoms with Crippen molar-refractivity contribution >= 4 is 23.4 Å². The largest absolute Gasteiger partial charge is 0.493 e. The number of nitrogens with one attached hydrogen (secondary N) is 1. The summed E-state index contributed by atoms with van der Waals surface area (Å²) < 4.78 is 13.5. The third-order valence-electron chi connectivity index (χ3n) is 6.53. The lowest BCUT2D eigenvalue weighted by Crippen LogP contribution is -2.38. The second-order valence-electron chi connectivity index (χ2n) is 11.4. The lowest BCUT2D eigenvalue weighted by molar-refractivity contribution is 0.0258. The van der Waals surface area contributed by atoms with Gasteiger partial charge in [0, 0.05) is 36.1 Å². The van der Waals surface area contributed by atoms with E-state index in [1.165, 1.54) is 11.1 Å². The molecule has 0 fully saturated rings. The zero-order valence-electron chi connectivity index (χ0n) is 23.4. The number of nitrogens with zero attached hydrogens (tertiary/aromatic N) is 4. The zero-order valence-corrected chi connectivity index (χ0v) is 23.4. The number of carbonyl (C=O) groups is 1. The maximum atomic E-state index is 12.6. The van der Waals surface area contributed by atoms with E-state index in [1.807, 2.05) is 63.4 Å². The van der Waals surface area contributed by atoms with Crippen molar-refractivity contribution in [3.05, 3.63) is 71.9 Å². The average Bonchev–Trinajstić information content (AvgIpc) is 3.17. The van der Waals surface area contributed by atoms with Crippen LogP contribution in [0.5, 0.6) is 5.75 Å². The van der Waals surface area contributed by atoms with E-state index >= 15 is 0 Å². The first-order valence-corrected chi connectivity index (χ1v) is 13.6. The number of aromatic nitrogens is 3. The molecule has 0 unspecified atom stereocenters. The van der Waals surface area contributed by atoms with Gasteiger partial charge in [-0.2, -0.15) is 4.98 Å². The van der Waals surface area contributed by atoms with Gasteiger partial charge >= 0.3 is 6.09 Å². The van der Waals surface area contributed by atoms with Gasteiger partial charge in [-0.25, -0.2) is 9.31 Å². The Hall–Kier alpha value is -4.07. The van der Waals surface area contributed by atoms with E-state index in [9.17, 15) is 4.79 Å². The monoisotopic (exact) mass is 527 g/mol. The Morgan fingerprint density at radius 3 is 2.51 bits per heavy atom. The minimum Gasteiger partial charge on any atom is -0.493 e. The molecule has 1 aliphatic rings. The smallest absolute Gasteiger partial charge is 0.410 e. The first-order valence-electron chi connectivity index (χ1n) is 13.6. The van der Waals surface area contributed by atoms with E-state index in [4.69, 9.17) is 14.5 Å². The van der Waals surface area contributed by atoms with Gasteiger partial charge in [-0.3, -0.25) is 0 Å². The molecule has 0 atom stereocenters. The summed E-state index contributed by atoms with van der Waals surface area (Å²) in [5, 5.41) is 8.06. The van der Waals surface area contributed by atoms with Gasteiger partial charge in [0.1, 0.15) is 11.4 Å². The zero-order chi connectivity index (χ0) is 27.6. The molecule has 5 rings (SSSR count). The summed E-state index contributed by atoms with van der Waals surface area (Å²) in [6, 6.07) is 18.4. The Morgan fingerprint density at radius 2 is 1.74 bits per heavy atom. The number of anilines is 2. The summed E-state index contributed by atoms with van der Waals surface area (Å²) in [5.41, 5.74) is 5.57. The van der Waals surface area contributed by atoms with Crippen LogP contribution < -0.4 is 10.1 Å². The van der Waals surface area contributed by atoms with E-state index in [2.05, 4.69) is 42.5 Å². The minimum absolute atomic E-state index is 0.255. The molecule has 1 N–H and O–H groups in total. The van der Waals surface area contributed by atoms with Crippen LogP contribution in [0.2, 0.25) is 0 Å². The van der Waals surface area contributed by atoms with E-state index in [0.29, 0.717) is 31.6 Å². The van der Waals surface area contributed by atoms with Crippen molar-refractivity contribution in [2.75, 3.05) is 25.0 Å². The first-order chi connectivity index (χ1) is 18.7. The molecule has 2 aromatic heterocycles. The number of ether oxygens (including phenoxy) is 2. The number of para-hydroxylation sites is 1. The number of hydrogen-bond donors (Lipinski definition) is 1. The molecule has 0 bridgehead atoms. The highest BCUT2D eigenvalue weighted by molar-refractivity contribution is 5.82. The molecule has 8 nitrogen and oxygen atoms in total. The van der Waals surface area contributed by atoms with E-state index in [-0.39, 0.29) is 6.09 Å². The number of fused-ring (bicyclic) bond motifs is 2. The van der Waals surface area contributed by atoms with Crippen LogP contribution in [0.3, 0.4) is 0 Å². The van der Waals surface area contributed by atoms with Crippen molar-refractivity contribution in [1.82, 2.24) is 19.5 Å². The molecule has 0 aliphatic carbocycles. The molecule has 8 heteroatoms. The van der Waals surface area contributed by atoms with Gasteiger partial charge in [-0.05, 0) is 81.0 Å². The van der Waals surface area contributed by atoms with Crippen LogP contribution in [0.15, 0.2) is 60.8 Å². The van der Waals surface area contributed by atoms with Crippen LogP contribution in [-0.2, 0) is 17.6 Å². The van der Waals surface area contributed by atoms with Crippen LogP contribution in [0, 0.1) is 5.92 Å². The third kappa shape index (κ3) is 6.33. The third-order valence-corrected chi connectivity index (χ3v) is 6.53. The van der Waals surface area contributed by atoms with Gasteiger partial charge in [0.25, 0.3) is 0 Å². The first kappa shape index (κ1) is 26.5. The predicted molar refractivity (Wildman–Crippen MR) is 154 cm³/mol. The number of carbonyl (C=O) groups excluding carboxylic acids is 1. The Labute approximate surface area is 230 Å². The lowest BCUT2D eigenvalue weighted by Gasteiger charge is -2.26. The van der Waals surface area contributed by atoms with Crippen LogP contribution in [-0.4, -0.2) is 50.9 Å². The summed E-state index contributed by atoms with van der Waals surface area (Å²) >= 11 is 0.